The van der Waals surface area contributed by atoms with Crippen LogP contribution in [0.1, 0.15) is 32.8 Å². The molecule has 2 aliphatic rings. The zero-order valence-electron chi connectivity index (χ0n) is 12.8. The van der Waals surface area contributed by atoms with Gasteiger partial charge in [-0.25, -0.2) is 4.39 Å². The quantitative estimate of drug-likeness (QED) is 0.836. The first-order valence-corrected chi connectivity index (χ1v) is 7.66. The van der Waals surface area contributed by atoms with Crippen molar-refractivity contribution in [2.24, 2.45) is 0 Å². The first kappa shape index (κ1) is 13.9. The predicted octanol–water partition coefficient (Wildman–Crippen LogP) is 3.22. The number of likely N-dealkylation sites (tertiary alicyclic amines) is 1. The largest absolute Gasteiger partial charge is 0.366 e. The highest BCUT2D eigenvalue weighted by Crippen LogP contribution is 2.35. The molecule has 3 heteroatoms. The topological polar surface area (TPSA) is 6.48 Å². The second-order valence-corrected chi connectivity index (χ2v) is 7.18. The summed E-state index contributed by atoms with van der Waals surface area (Å²) in [5.74, 6) is 0. The van der Waals surface area contributed by atoms with E-state index < -0.39 is 0 Å². The van der Waals surface area contributed by atoms with Gasteiger partial charge in [-0.15, -0.1) is 0 Å². The first-order valence-electron chi connectivity index (χ1n) is 7.66. The van der Waals surface area contributed by atoms with Gasteiger partial charge in [0, 0.05) is 37.4 Å². The summed E-state index contributed by atoms with van der Waals surface area (Å²) in [6, 6.07) is 10.1. The molecule has 1 aromatic carbocycles. The highest BCUT2D eigenvalue weighted by atomic mass is 19.1. The van der Waals surface area contributed by atoms with Crippen molar-refractivity contribution in [3.63, 3.8) is 0 Å². The van der Waals surface area contributed by atoms with Crippen LogP contribution in [0.25, 0.3) is 0 Å². The summed E-state index contributed by atoms with van der Waals surface area (Å²) in [6.07, 6.45) is 1.20. The van der Waals surface area contributed by atoms with Crippen LogP contribution in [0.15, 0.2) is 24.3 Å². The number of nitrogens with zero attached hydrogens (tertiary/aromatic N) is 2. The van der Waals surface area contributed by atoms with Crippen molar-refractivity contribution in [2.45, 2.75) is 44.7 Å². The Bertz CT molecular complexity index is 463. The fourth-order valence-corrected chi connectivity index (χ4v) is 3.60. The molecule has 2 aliphatic heterocycles. The number of benzene rings is 1. The monoisotopic (exact) mass is 276 g/mol. The molecule has 0 unspecified atom stereocenters. The van der Waals surface area contributed by atoms with Crippen molar-refractivity contribution < 1.29 is 4.39 Å². The zero-order valence-corrected chi connectivity index (χ0v) is 12.8. The van der Waals surface area contributed by atoms with Gasteiger partial charge in [0.1, 0.15) is 6.67 Å². The van der Waals surface area contributed by atoms with Crippen LogP contribution >= 0.6 is 0 Å². The summed E-state index contributed by atoms with van der Waals surface area (Å²) < 4.78 is 12.5. The molecule has 0 radical (unpaired) electrons. The third-order valence-corrected chi connectivity index (χ3v) is 4.79. The molecule has 2 bridgehead atoms. The maximum Gasteiger partial charge on any atom is 0.102 e. The van der Waals surface area contributed by atoms with Crippen LogP contribution in [0, 0.1) is 0 Å². The second kappa shape index (κ2) is 5.03. The van der Waals surface area contributed by atoms with Gasteiger partial charge in [0.15, 0.2) is 0 Å². The van der Waals surface area contributed by atoms with Gasteiger partial charge in [-0.05, 0) is 29.5 Å². The van der Waals surface area contributed by atoms with E-state index >= 15 is 0 Å². The molecular weight excluding hydrogens is 251 g/mol. The maximum atomic E-state index is 12.5. The lowest BCUT2D eigenvalue weighted by Crippen LogP contribution is -2.47. The molecule has 0 aromatic heterocycles. The highest BCUT2D eigenvalue weighted by Gasteiger charge is 2.42. The van der Waals surface area contributed by atoms with Gasteiger partial charge >= 0.3 is 0 Å². The normalized spacial score (nSPS) is 26.5. The van der Waals surface area contributed by atoms with Gasteiger partial charge < -0.3 is 4.90 Å². The molecule has 110 valence electrons. The van der Waals surface area contributed by atoms with Crippen molar-refractivity contribution in [3.05, 3.63) is 29.8 Å². The lowest BCUT2D eigenvalue weighted by atomic mass is 9.87. The Labute approximate surface area is 121 Å². The van der Waals surface area contributed by atoms with E-state index in [1.165, 1.54) is 17.7 Å². The van der Waals surface area contributed by atoms with Gasteiger partial charge in [0.25, 0.3) is 0 Å². The average Bonchev–Trinajstić information content (AvgIpc) is 2.98. The molecule has 0 saturated carbocycles. The van der Waals surface area contributed by atoms with E-state index in [1.54, 1.807) is 0 Å². The summed E-state index contributed by atoms with van der Waals surface area (Å²) in [7, 11) is 0. The molecule has 0 aliphatic carbocycles. The van der Waals surface area contributed by atoms with E-state index in [2.05, 4.69) is 54.8 Å². The molecule has 2 nitrogen and oxygen atoms in total. The lowest BCUT2D eigenvalue weighted by Gasteiger charge is -2.35. The minimum atomic E-state index is -0.219. The molecule has 2 atom stereocenters. The van der Waals surface area contributed by atoms with Gasteiger partial charge in [0.05, 0.1) is 0 Å². The molecule has 1 aromatic rings. The third-order valence-electron chi connectivity index (χ3n) is 4.79. The van der Waals surface area contributed by atoms with Gasteiger partial charge in [-0.3, -0.25) is 4.90 Å². The number of hydrogen-bond acceptors (Lipinski definition) is 2. The summed E-state index contributed by atoms with van der Waals surface area (Å²) in [6.45, 7) is 9.20. The molecule has 0 N–H and O–H groups in total. The van der Waals surface area contributed by atoms with Crippen molar-refractivity contribution in [2.75, 3.05) is 31.2 Å². The SMILES string of the molecule is CC(C)(C)c1ccc(N2C[C@@H]3C[C@H]2CN3CCF)cc1. The molecule has 0 amide bonds. The number of rotatable bonds is 3. The Morgan fingerprint density at radius 1 is 1.10 bits per heavy atom. The number of anilines is 1. The smallest absolute Gasteiger partial charge is 0.102 e. The average molecular weight is 276 g/mol. The van der Waals surface area contributed by atoms with Crippen LogP contribution in [0.2, 0.25) is 0 Å². The summed E-state index contributed by atoms with van der Waals surface area (Å²) in [4.78, 5) is 4.82. The van der Waals surface area contributed by atoms with Crippen molar-refractivity contribution >= 4 is 5.69 Å². The number of piperazine rings is 1. The highest BCUT2D eigenvalue weighted by molar-refractivity contribution is 5.51. The summed E-state index contributed by atoms with van der Waals surface area (Å²) >= 11 is 0. The minimum Gasteiger partial charge on any atom is -0.366 e. The minimum absolute atomic E-state index is 0.209. The summed E-state index contributed by atoms with van der Waals surface area (Å²) in [5.41, 5.74) is 2.91. The summed E-state index contributed by atoms with van der Waals surface area (Å²) in [5, 5.41) is 0. The third kappa shape index (κ3) is 2.44. The second-order valence-electron chi connectivity index (χ2n) is 7.18. The van der Waals surface area contributed by atoms with Crippen molar-refractivity contribution in [1.29, 1.82) is 0 Å². The maximum absolute atomic E-state index is 12.5. The Kier molecular flexibility index (Phi) is 3.49. The number of hydrogen-bond donors (Lipinski definition) is 0. The van der Waals surface area contributed by atoms with Crippen LogP contribution in [0.3, 0.4) is 0 Å². The zero-order chi connectivity index (χ0) is 14.3. The van der Waals surface area contributed by atoms with E-state index in [9.17, 15) is 4.39 Å². The van der Waals surface area contributed by atoms with E-state index in [1.807, 2.05) is 0 Å². The number of halogens is 1. The van der Waals surface area contributed by atoms with Crippen LogP contribution in [-0.2, 0) is 5.41 Å². The lowest BCUT2D eigenvalue weighted by molar-refractivity contribution is 0.218. The van der Waals surface area contributed by atoms with E-state index in [-0.39, 0.29) is 12.1 Å². The van der Waals surface area contributed by atoms with E-state index in [4.69, 9.17) is 0 Å². The molecule has 3 rings (SSSR count). The fourth-order valence-electron chi connectivity index (χ4n) is 3.60. The van der Waals surface area contributed by atoms with E-state index in [0.717, 1.165) is 13.1 Å². The molecular formula is C17H25FN2. The van der Waals surface area contributed by atoms with Crippen molar-refractivity contribution in [1.82, 2.24) is 4.90 Å². The van der Waals surface area contributed by atoms with Gasteiger partial charge in [0.2, 0.25) is 0 Å². The van der Waals surface area contributed by atoms with Crippen LogP contribution in [-0.4, -0.2) is 43.3 Å². The predicted molar refractivity (Wildman–Crippen MR) is 82.2 cm³/mol. The number of fused-ring (bicyclic) bond motifs is 2. The molecule has 2 saturated heterocycles. The van der Waals surface area contributed by atoms with Gasteiger partial charge in [-0.2, -0.15) is 0 Å². The number of alkyl halides is 1. The standard InChI is InChI=1S/C17H25FN2/c1-17(2,3)13-4-6-14(7-5-13)20-12-15-10-16(20)11-19(15)9-8-18/h4-7,15-16H,8-12H2,1-3H3/t15-,16-/m0/s1. The van der Waals surface area contributed by atoms with Crippen LogP contribution in [0.5, 0.6) is 0 Å². The van der Waals surface area contributed by atoms with Gasteiger partial charge in [-0.1, -0.05) is 32.9 Å². The Balaban J connectivity index is 1.70. The van der Waals surface area contributed by atoms with Crippen molar-refractivity contribution in [3.8, 4) is 0 Å². The Hall–Kier alpha value is -1.09. The Morgan fingerprint density at radius 3 is 2.30 bits per heavy atom. The fraction of sp³-hybridized carbons (Fsp3) is 0.647. The van der Waals surface area contributed by atoms with Crippen LogP contribution < -0.4 is 4.90 Å². The first-order chi connectivity index (χ1) is 9.49. The molecule has 20 heavy (non-hydrogen) atoms. The van der Waals surface area contributed by atoms with Crippen LogP contribution in [0.4, 0.5) is 10.1 Å². The van der Waals surface area contributed by atoms with E-state index in [0.29, 0.717) is 18.6 Å². The molecule has 0 spiro atoms. The molecule has 2 heterocycles. The Morgan fingerprint density at radius 2 is 1.80 bits per heavy atom. The molecule has 2 fully saturated rings.